The molecule has 3 unspecified atom stereocenters. The second kappa shape index (κ2) is 12.1. The number of alkyl halides is 7. The lowest BCUT2D eigenvalue weighted by atomic mass is 10.0. The van der Waals surface area contributed by atoms with Crippen molar-refractivity contribution in [2.45, 2.75) is 53.3 Å². The Morgan fingerprint density at radius 2 is 1.69 bits per heavy atom. The highest BCUT2D eigenvalue weighted by Crippen LogP contribution is 2.45. The molecule has 0 aliphatic rings. The zero-order valence-corrected chi connectivity index (χ0v) is 21.4. The summed E-state index contributed by atoms with van der Waals surface area (Å²) in [6.45, 7) is 4.01. The van der Waals surface area contributed by atoms with Crippen LogP contribution >= 0.6 is 71.0 Å². The molecule has 0 amide bonds. The van der Waals surface area contributed by atoms with Gasteiger partial charge in [0.1, 0.15) is 4.83 Å². The van der Waals surface area contributed by atoms with Crippen LogP contribution in [0.1, 0.15) is 41.3 Å². The lowest BCUT2D eigenvalue weighted by Gasteiger charge is -2.23. The highest BCUT2D eigenvalue weighted by Gasteiger charge is 2.53. The lowest BCUT2D eigenvalue weighted by molar-refractivity contribution is -0.138. The van der Waals surface area contributed by atoms with E-state index in [1.165, 1.54) is 0 Å². The molecule has 0 saturated carbocycles. The van der Waals surface area contributed by atoms with Crippen molar-refractivity contribution in [3.05, 3.63) is 33.3 Å². The van der Waals surface area contributed by atoms with Gasteiger partial charge in [0.25, 0.3) is 5.13 Å². The largest absolute Gasteiger partial charge is 0.481 e. The smallest absolute Gasteiger partial charge is 0.348 e. The van der Waals surface area contributed by atoms with Gasteiger partial charge in [-0.2, -0.15) is 8.78 Å². The quantitative estimate of drug-likeness (QED) is 0.288. The molecule has 12 heteroatoms. The summed E-state index contributed by atoms with van der Waals surface area (Å²) in [6.07, 6.45) is -0.505. The standard InChI is InChI=1S/C12H14BrClO2.C5H4Br2ClF3O2/c1-7-5-8(2)10(13)6-9(7)11(14)3-4-12(15)16;6-2(3(12)13)1-4(8,9)5(7,10)11/h5-6,11H,3-4H2,1-2H3,(H,15,16);2H,1H2,(H,12,13). The summed E-state index contributed by atoms with van der Waals surface area (Å²) < 4.78 is 38.5. The van der Waals surface area contributed by atoms with Crippen LogP contribution in [0.15, 0.2) is 16.6 Å². The van der Waals surface area contributed by atoms with Gasteiger partial charge in [-0.3, -0.25) is 9.59 Å². The first kappa shape index (κ1) is 29.0. The zero-order chi connectivity index (χ0) is 23.2. The maximum atomic E-state index is 12.9. The molecule has 166 valence electrons. The number of carboxylic acid groups (broad SMARTS) is 2. The summed E-state index contributed by atoms with van der Waals surface area (Å²) in [5.41, 5.74) is 3.26. The molecule has 0 aliphatic carbocycles. The van der Waals surface area contributed by atoms with Gasteiger partial charge >= 0.3 is 16.8 Å². The van der Waals surface area contributed by atoms with Gasteiger partial charge in [-0.25, -0.2) is 4.39 Å². The summed E-state index contributed by atoms with van der Waals surface area (Å²) in [5.74, 6) is -2.27. The molecule has 3 atom stereocenters. The molecule has 1 aromatic rings. The van der Waals surface area contributed by atoms with Crippen molar-refractivity contribution >= 4 is 82.9 Å². The second-order valence-corrected chi connectivity index (χ2v) is 10.2. The van der Waals surface area contributed by atoms with E-state index in [4.69, 9.17) is 33.4 Å². The Hall–Kier alpha value is -0.0300. The first-order valence-electron chi connectivity index (χ1n) is 7.93. The van der Waals surface area contributed by atoms with Gasteiger partial charge in [0, 0.05) is 17.3 Å². The van der Waals surface area contributed by atoms with Crippen molar-refractivity contribution in [3.63, 3.8) is 0 Å². The van der Waals surface area contributed by atoms with E-state index in [1.54, 1.807) is 15.9 Å². The number of aryl methyl sites for hydroxylation is 2. The van der Waals surface area contributed by atoms with E-state index in [9.17, 15) is 22.8 Å². The Bertz CT molecular complexity index is 731. The van der Waals surface area contributed by atoms with E-state index >= 15 is 0 Å². The summed E-state index contributed by atoms with van der Waals surface area (Å²) >= 11 is 18.7. The molecule has 0 aliphatic heterocycles. The molecule has 0 bridgehead atoms. The van der Waals surface area contributed by atoms with E-state index in [0.717, 1.165) is 21.2 Å². The minimum absolute atomic E-state index is 0.0963. The van der Waals surface area contributed by atoms with Gasteiger partial charge in [0.2, 0.25) is 0 Å². The minimum Gasteiger partial charge on any atom is -0.481 e. The van der Waals surface area contributed by atoms with Crippen molar-refractivity contribution in [3.8, 4) is 0 Å². The third-order valence-electron chi connectivity index (χ3n) is 3.61. The topological polar surface area (TPSA) is 74.6 Å². The molecular weight excluding hydrogens is 636 g/mol. The Balaban J connectivity index is 0.000000555. The van der Waals surface area contributed by atoms with E-state index in [0.29, 0.717) is 6.42 Å². The van der Waals surface area contributed by atoms with E-state index in [1.807, 2.05) is 19.9 Å². The fourth-order valence-electron chi connectivity index (χ4n) is 2.01. The second-order valence-electron chi connectivity index (χ2n) is 6.07. The molecule has 0 spiro atoms. The van der Waals surface area contributed by atoms with Crippen molar-refractivity contribution in [2.24, 2.45) is 0 Å². The first-order valence-corrected chi connectivity index (χ1v) is 11.2. The number of hydrogen-bond donors (Lipinski definition) is 2. The zero-order valence-electron chi connectivity index (χ0n) is 15.2. The maximum absolute atomic E-state index is 12.9. The highest BCUT2D eigenvalue weighted by atomic mass is 79.9. The number of benzene rings is 1. The van der Waals surface area contributed by atoms with Crippen LogP contribution in [0.25, 0.3) is 0 Å². The van der Waals surface area contributed by atoms with Crippen LogP contribution in [0.4, 0.5) is 13.2 Å². The SMILES string of the molecule is Cc1cc(C)c(C(Cl)CCC(=O)O)cc1Br.O=C(O)C(Br)CC(F)(Cl)C(F)(F)Br. The van der Waals surface area contributed by atoms with Crippen molar-refractivity contribution in [2.75, 3.05) is 0 Å². The number of carbonyl (C=O) groups is 2. The predicted molar refractivity (Wildman–Crippen MR) is 118 cm³/mol. The highest BCUT2D eigenvalue weighted by molar-refractivity contribution is 9.10. The third-order valence-corrected chi connectivity index (χ3v) is 6.89. The van der Waals surface area contributed by atoms with Gasteiger partial charge < -0.3 is 10.2 Å². The molecule has 0 saturated heterocycles. The van der Waals surface area contributed by atoms with E-state index in [2.05, 4.69) is 37.9 Å². The summed E-state index contributed by atoms with van der Waals surface area (Å²) in [5, 5.41) is 13.2. The van der Waals surface area contributed by atoms with E-state index in [-0.39, 0.29) is 11.8 Å². The molecular formula is C17H18Br3Cl2F3O4. The molecule has 1 aromatic carbocycles. The Labute approximate surface area is 201 Å². The fourth-order valence-corrected chi connectivity index (χ4v) is 3.67. The molecule has 1 rings (SSSR count). The van der Waals surface area contributed by atoms with Crippen LogP contribution in [-0.2, 0) is 9.59 Å². The molecule has 0 heterocycles. The number of hydrogen-bond acceptors (Lipinski definition) is 2. The number of rotatable bonds is 8. The number of carboxylic acids is 2. The molecule has 0 radical (unpaired) electrons. The number of aliphatic carboxylic acids is 2. The van der Waals surface area contributed by atoms with Crippen LogP contribution in [0.2, 0.25) is 0 Å². The van der Waals surface area contributed by atoms with Crippen molar-refractivity contribution in [1.29, 1.82) is 0 Å². The van der Waals surface area contributed by atoms with Gasteiger partial charge in [0.15, 0.2) is 0 Å². The summed E-state index contributed by atoms with van der Waals surface area (Å²) in [4.78, 5) is 15.2. The molecule has 2 N–H and O–H groups in total. The van der Waals surface area contributed by atoms with Crippen LogP contribution in [0, 0.1) is 13.8 Å². The van der Waals surface area contributed by atoms with E-state index < -0.39 is 33.1 Å². The van der Waals surface area contributed by atoms with Crippen molar-refractivity contribution < 1.29 is 33.0 Å². The van der Waals surface area contributed by atoms with Crippen LogP contribution in [0.5, 0.6) is 0 Å². The summed E-state index contributed by atoms with van der Waals surface area (Å²) in [7, 11) is 0. The maximum Gasteiger partial charge on any atom is 0.348 e. The molecule has 0 aromatic heterocycles. The normalized spacial score (nSPS) is 15.5. The first-order chi connectivity index (χ1) is 13.0. The molecule has 29 heavy (non-hydrogen) atoms. The van der Waals surface area contributed by atoms with Crippen LogP contribution in [-0.4, -0.2) is 36.9 Å². The van der Waals surface area contributed by atoms with Gasteiger partial charge in [-0.05, 0) is 59.0 Å². The van der Waals surface area contributed by atoms with Crippen LogP contribution in [0.3, 0.4) is 0 Å². The third kappa shape index (κ3) is 10.2. The van der Waals surface area contributed by atoms with Gasteiger partial charge in [-0.15, -0.1) is 11.6 Å². The molecule has 0 fully saturated rings. The van der Waals surface area contributed by atoms with Crippen LogP contribution < -0.4 is 0 Å². The fraction of sp³-hybridized carbons (Fsp3) is 0.529. The van der Waals surface area contributed by atoms with Gasteiger partial charge in [0.05, 0.1) is 5.38 Å². The van der Waals surface area contributed by atoms with Crippen molar-refractivity contribution in [1.82, 2.24) is 0 Å². The molecule has 4 nitrogen and oxygen atoms in total. The lowest BCUT2D eigenvalue weighted by Crippen LogP contribution is -2.37. The minimum atomic E-state index is -3.97. The van der Waals surface area contributed by atoms with Gasteiger partial charge in [-0.1, -0.05) is 49.5 Å². The monoisotopic (exact) mass is 650 g/mol. The predicted octanol–water partition coefficient (Wildman–Crippen LogP) is 7.33. The number of halogens is 8. The Morgan fingerprint density at radius 3 is 2.10 bits per heavy atom. The Morgan fingerprint density at radius 1 is 1.17 bits per heavy atom. The summed E-state index contributed by atoms with van der Waals surface area (Å²) in [6, 6.07) is 4.03. The average molecular weight is 654 g/mol. The average Bonchev–Trinajstić information content (AvgIpc) is 2.55. The Kier molecular flexibility index (Phi) is 12.1.